The molecule has 124 valence electrons. The van der Waals surface area contributed by atoms with E-state index in [9.17, 15) is 4.79 Å². The molecule has 1 heterocycles. The minimum atomic E-state index is -0.570. The molecule has 1 amide bonds. The van der Waals surface area contributed by atoms with Crippen molar-refractivity contribution in [3.8, 4) is 5.75 Å². The van der Waals surface area contributed by atoms with Crippen molar-refractivity contribution in [2.75, 3.05) is 6.61 Å². The molecule has 1 N–H and O–H groups in total. The summed E-state index contributed by atoms with van der Waals surface area (Å²) >= 11 is 17.4. The van der Waals surface area contributed by atoms with Gasteiger partial charge in [0.15, 0.2) is 16.1 Å². The maximum atomic E-state index is 11.7. The van der Waals surface area contributed by atoms with E-state index in [2.05, 4.69) is 15.3 Å². The third-order valence-corrected chi connectivity index (χ3v) is 3.08. The lowest BCUT2D eigenvalue weighted by atomic mass is 10.2. The minimum absolute atomic E-state index is 0.0112. The van der Waals surface area contributed by atoms with Crippen LogP contribution < -0.4 is 10.1 Å². The first-order chi connectivity index (χ1) is 10.1. The van der Waals surface area contributed by atoms with Crippen LogP contribution in [-0.2, 0) is 4.74 Å². The molecule has 0 aromatic carbocycles. The van der Waals surface area contributed by atoms with Crippen molar-refractivity contribution < 1.29 is 14.3 Å². The topological polar surface area (TPSA) is 73.3 Å². The molecule has 1 aromatic rings. The molecule has 0 unspecified atom stereocenters. The van der Waals surface area contributed by atoms with Gasteiger partial charge in [-0.05, 0) is 38.8 Å². The number of carbonyl (C=O) groups is 1. The number of rotatable bonds is 5. The molecule has 0 radical (unpaired) electrons. The van der Waals surface area contributed by atoms with Crippen LogP contribution in [-0.4, -0.2) is 34.3 Å². The fraction of sp³-hybridized carbons (Fsp3) is 0.615. The first-order valence-corrected chi connectivity index (χ1v) is 7.76. The second-order valence-corrected chi connectivity index (χ2v) is 6.52. The number of ether oxygens (including phenoxy) is 2. The predicted molar refractivity (Wildman–Crippen MR) is 86.0 cm³/mol. The fourth-order valence-electron chi connectivity index (χ4n) is 1.41. The van der Waals surface area contributed by atoms with Crippen LogP contribution in [0, 0.1) is 0 Å². The fourth-order valence-corrected chi connectivity index (χ4v) is 2.16. The van der Waals surface area contributed by atoms with E-state index < -0.39 is 11.7 Å². The Hall–Kier alpha value is -0.980. The Morgan fingerprint density at radius 2 is 1.77 bits per heavy atom. The minimum Gasteiger partial charge on any atom is -0.485 e. The Balaban J connectivity index is 2.63. The molecule has 22 heavy (non-hydrogen) atoms. The van der Waals surface area contributed by atoms with Gasteiger partial charge in [-0.2, -0.15) is 0 Å². The summed E-state index contributed by atoms with van der Waals surface area (Å²) in [6.45, 7) is 7.39. The van der Waals surface area contributed by atoms with Crippen molar-refractivity contribution in [2.45, 2.75) is 45.8 Å². The van der Waals surface area contributed by atoms with Crippen LogP contribution in [0.4, 0.5) is 4.79 Å². The number of amides is 1. The van der Waals surface area contributed by atoms with Crippen LogP contribution in [0.15, 0.2) is 0 Å². The summed E-state index contributed by atoms with van der Waals surface area (Å²) in [7, 11) is 0. The van der Waals surface area contributed by atoms with Gasteiger partial charge in [0.1, 0.15) is 12.2 Å². The lowest BCUT2D eigenvalue weighted by molar-refractivity contribution is 0.0486. The van der Waals surface area contributed by atoms with Crippen molar-refractivity contribution in [1.29, 1.82) is 0 Å². The zero-order valence-electron chi connectivity index (χ0n) is 12.7. The number of nitrogens with one attached hydrogen (secondary N) is 1. The van der Waals surface area contributed by atoms with Gasteiger partial charge in [0, 0.05) is 0 Å². The lowest BCUT2D eigenvalue weighted by Gasteiger charge is -2.23. The summed E-state index contributed by atoms with van der Waals surface area (Å²) in [6, 6.07) is -0.280. The molecule has 0 aliphatic carbocycles. The summed E-state index contributed by atoms with van der Waals surface area (Å²) < 4.78 is 10.7. The molecule has 0 saturated heterocycles. The van der Waals surface area contributed by atoms with E-state index in [0.29, 0.717) is 6.42 Å². The smallest absolute Gasteiger partial charge is 0.407 e. The molecule has 1 aromatic heterocycles. The van der Waals surface area contributed by atoms with Gasteiger partial charge in [-0.3, -0.25) is 0 Å². The molecular weight excluding hydrogens is 353 g/mol. The van der Waals surface area contributed by atoms with Crippen molar-refractivity contribution in [3.05, 3.63) is 15.6 Å². The average Bonchev–Trinajstić information content (AvgIpc) is 2.33. The van der Waals surface area contributed by atoms with Gasteiger partial charge < -0.3 is 14.8 Å². The highest BCUT2D eigenvalue weighted by Gasteiger charge is 2.20. The molecule has 0 aliphatic heterocycles. The van der Waals surface area contributed by atoms with Gasteiger partial charge in [-0.15, -0.1) is 0 Å². The Morgan fingerprint density at radius 3 is 2.23 bits per heavy atom. The molecule has 0 fully saturated rings. The number of carbonyl (C=O) groups excluding carboxylic acids is 1. The SMILES string of the molecule is CC[C@H](COc1c(Cl)nc(Cl)nc1Cl)NC(=O)OC(C)(C)C. The maximum absolute atomic E-state index is 11.7. The van der Waals surface area contributed by atoms with Crippen LogP contribution in [0.2, 0.25) is 15.6 Å². The summed E-state index contributed by atoms with van der Waals surface area (Å²) in [5.74, 6) is 0.122. The summed E-state index contributed by atoms with van der Waals surface area (Å²) in [6.07, 6.45) is 0.107. The number of nitrogens with zero attached hydrogens (tertiary/aromatic N) is 2. The van der Waals surface area contributed by atoms with E-state index in [0.717, 1.165) is 0 Å². The number of alkyl carbamates (subject to hydrolysis) is 1. The number of halogens is 3. The Bertz CT molecular complexity index is 512. The molecule has 0 bridgehead atoms. The summed E-state index contributed by atoms with van der Waals surface area (Å²) in [4.78, 5) is 19.2. The molecule has 6 nitrogen and oxygen atoms in total. The van der Waals surface area contributed by atoms with Crippen molar-refractivity contribution in [2.24, 2.45) is 0 Å². The van der Waals surface area contributed by atoms with E-state index in [1.54, 1.807) is 20.8 Å². The van der Waals surface area contributed by atoms with Crippen molar-refractivity contribution >= 4 is 40.9 Å². The first kappa shape index (κ1) is 19.1. The first-order valence-electron chi connectivity index (χ1n) is 6.63. The monoisotopic (exact) mass is 369 g/mol. The Morgan fingerprint density at radius 1 is 1.23 bits per heavy atom. The van der Waals surface area contributed by atoms with Gasteiger partial charge in [0.25, 0.3) is 0 Å². The molecule has 9 heteroatoms. The van der Waals surface area contributed by atoms with Crippen LogP contribution in [0.1, 0.15) is 34.1 Å². The van der Waals surface area contributed by atoms with E-state index in [-0.39, 0.29) is 34.0 Å². The van der Waals surface area contributed by atoms with Gasteiger partial charge >= 0.3 is 6.09 Å². The number of hydrogen-bond acceptors (Lipinski definition) is 5. The summed E-state index contributed by atoms with van der Waals surface area (Å²) in [5.41, 5.74) is -0.570. The second kappa shape index (κ2) is 8.04. The highest BCUT2D eigenvalue weighted by Crippen LogP contribution is 2.30. The van der Waals surface area contributed by atoms with Crippen LogP contribution in [0.3, 0.4) is 0 Å². The van der Waals surface area contributed by atoms with Crippen molar-refractivity contribution in [3.63, 3.8) is 0 Å². The predicted octanol–water partition coefficient (Wildman–Crippen LogP) is 4.12. The van der Waals surface area contributed by atoms with Crippen LogP contribution in [0.5, 0.6) is 5.75 Å². The van der Waals surface area contributed by atoms with Gasteiger partial charge in [-0.1, -0.05) is 30.1 Å². The number of aromatic nitrogens is 2. The zero-order chi connectivity index (χ0) is 16.9. The summed E-state index contributed by atoms with van der Waals surface area (Å²) in [5, 5.41) is 2.66. The van der Waals surface area contributed by atoms with E-state index >= 15 is 0 Å². The highest BCUT2D eigenvalue weighted by molar-refractivity contribution is 6.37. The van der Waals surface area contributed by atoms with Gasteiger partial charge in [-0.25, -0.2) is 14.8 Å². The van der Waals surface area contributed by atoms with E-state index in [1.807, 2.05) is 6.92 Å². The van der Waals surface area contributed by atoms with Crippen LogP contribution in [0.25, 0.3) is 0 Å². The third kappa shape index (κ3) is 6.42. The molecule has 1 atom stereocenters. The van der Waals surface area contributed by atoms with Crippen molar-refractivity contribution in [1.82, 2.24) is 15.3 Å². The molecule has 0 aliphatic rings. The largest absolute Gasteiger partial charge is 0.485 e. The third-order valence-electron chi connectivity index (χ3n) is 2.40. The lowest BCUT2D eigenvalue weighted by Crippen LogP contribution is -2.41. The zero-order valence-corrected chi connectivity index (χ0v) is 15.0. The molecular formula is C13H18Cl3N3O3. The molecule has 1 rings (SSSR count). The average molecular weight is 371 g/mol. The number of hydrogen-bond donors (Lipinski definition) is 1. The quantitative estimate of drug-likeness (QED) is 0.623. The standard InChI is InChI=1S/C13H18Cl3N3O3/c1-5-7(17-12(20)22-13(2,3)4)6-21-8-9(14)18-11(16)19-10(8)15/h7H,5-6H2,1-4H3,(H,17,20)/t7-/m1/s1. The van der Waals surface area contributed by atoms with Gasteiger partial charge in [0.2, 0.25) is 5.28 Å². The normalized spacial score (nSPS) is 12.7. The maximum Gasteiger partial charge on any atom is 0.407 e. The Kier molecular flexibility index (Phi) is 6.97. The highest BCUT2D eigenvalue weighted by atomic mass is 35.5. The van der Waals surface area contributed by atoms with E-state index in [1.165, 1.54) is 0 Å². The van der Waals surface area contributed by atoms with Crippen LogP contribution >= 0.6 is 34.8 Å². The molecule has 0 saturated carbocycles. The second-order valence-electron chi connectivity index (χ2n) is 5.47. The van der Waals surface area contributed by atoms with Gasteiger partial charge in [0.05, 0.1) is 6.04 Å². The molecule has 0 spiro atoms. The Labute approximate surface area is 144 Å². The van der Waals surface area contributed by atoms with E-state index in [4.69, 9.17) is 44.3 Å².